The Morgan fingerprint density at radius 1 is 1.23 bits per heavy atom. The molecule has 1 aliphatic heterocycles. The Kier molecular flexibility index (Phi) is 3.71. The number of para-hydroxylation sites is 1. The van der Waals surface area contributed by atoms with Gasteiger partial charge in [0, 0.05) is 30.5 Å². The van der Waals surface area contributed by atoms with Crippen LogP contribution in [0.4, 0.5) is 5.82 Å². The average molecular weight is 297 g/mol. The lowest BCUT2D eigenvalue weighted by atomic mass is 10.2. The molecule has 1 aromatic carbocycles. The number of nitrogens with zero attached hydrogens (tertiary/aromatic N) is 2. The van der Waals surface area contributed by atoms with Crippen molar-refractivity contribution in [2.45, 2.75) is 13.3 Å². The Balaban J connectivity index is 1.78. The molecule has 3 rings (SSSR count). The minimum absolute atomic E-state index is 0.439. The summed E-state index contributed by atoms with van der Waals surface area (Å²) in [7, 11) is 0. The van der Waals surface area contributed by atoms with Gasteiger partial charge in [0.05, 0.1) is 0 Å². The van der Waals surface area contributed by atoms with Crippen molar-refractivity contribution in [1.29, 1.82) is 0 Å². The number of piperazine rings is 1. The van der Waals surface area contributed by atoms with Crippen molar-refractivity contribution < 1.29 is 9.59 Å². The number of hydrogen-bond donors (Lipinski definition) is 1. The van der Waals surface area contributed by atoms with Crippen molar-refractivity contribution in [3.8, 4) is 0 Å². The van der Waals surface area contributed by atoms with Crippen LogP contribution in [-0.4, -0.2) is 41.3 Å². The second-order valence-electron chi connectivity index (χ2n) is 5.70. The highest BCUT2D eigenvalue weighted by Crippen LogP contribution is 2.23. The Morgan fingerprint density at radius 3 is 2.73 bits per heavy atom. The molecular formula is C17H19N3O2. The lowest BCUT2D eigenvalue weighted by molar-refractivity contribution is -0.146. The summed E-state index contributed by atoms with van der Waals surface area (Å²) in [6, 6.07) is 9.72. The predicted octanol–water partition coefficient (Wildman–Crippen LogP) is 2.31. The van der Waals surface area contributed by atoms with Gasteiger partial charge in [-0.2, -0.15) is 0 Å². The summed E-state index contributed by atoms with van der Waals surface area (Å²) in [4.78, 5) is 30.9. The van der Waals surface area contributed by atoms with Crippen molar-refractivity contribution in [3.63, 3.8) is 0 Å². The summed E-state index contributed by atoms with van der Waals surface area (Å²) >= 11 is 0. The number of fused-ring (bicyclic) bond motifs is 1. The van der Waals surface area contributed by atoms with Crippen molar-refractivity contribution >= 4 is 28.5 Å². The van der Waals surface area contributed by atoms with Gasteiger partial charge < -0.3 is 9.88 Å². The monoisotopic (exact) mass is 297 g/mol. The summed E-state index contributed by atoms with van der Waals surface area (Å²) in [6.45, 7) is 7.37. The number of amides is 2. The van der Waals surface area contributed by atoms with E-state index in [1.54, 1.807) is 4.90 Å². The van der Waals surface area contributed by atoms with Crippen LogP contribution in [0.1, 0.15) is 13.3 Å². The normalized spacial score (nSPS) is 15.7. The number of hydrogen-bond acceptors (Lipinski definition) is 2. The fraction of sp³-hybridized carbons (Fsp3) is 0.294. The van der Waals surface area contributed by atoms with E-state index in [0.717, 1.165) is 22.9 Å². The van der Waals surface area contributed by atoms with Gasteiger partial charge in [0.15, 0.2) is 0 Å². The minimum Gasteiger partial charge on any atom is -0.341 e. The second-order valence-corrected chi connectivity index (χ2v) is 5.70. The number of aromatic amines is 1. The topological polar surface area (TPSA) is 56.4 Å². The van der Waals surface area contributed by atoms with Crippen molar-refractivity contribution in [2.75, 3.05) is 24.5 Å². The molecule has 2 amide bonds. The number of rotatable bonds is 4. The van der Waals surface area contributed by atoms with Crippen LogP contribution in [-0.2, 0) is 9.59 Å². The Bertz CT molecular complexity index is 714. The van der Waals surface area contributed by atoms with Gasteiger partial charge in [0.25, 0.3) is 0 Å². The number of carbonyl (C=O) groups excluding carboxylic acids is 2. The smallest absolute Gasteiger partial charge is 0.317 e. The highest BCUT2D eigenvalue weighted by Gasteiger charge is 2.33. The third-order valence-electron chi connectivity index (χ3n) is 3.92. The molecule has 5 heteroatoms. The van der Waals surface area contributed by atoms with Gasteiger partial charge >= 0.3 is 11.8 Å². The molecule has 2 heterocycles. The first-order valence-electron chi connectivity index (χ1n) is 7.39. The van der Waals surface area contributed by atoms with Gasteiger partial charge in [-0.3, -0.25) is 14.5 Å². The van der Waals surface area contributed by atoms with Crippen molar-refractivity contribution in [2.24, 2.45) is 0 Å². The lowest BCUT2D eigenvalue weighted by Gasteiger charge is -2.33. The Hall–Kier alpha value is -2.56. The molecule has 114 valence electrons. The summed E-state index contributed by atoms with van der Waals surface area (Å²) < 4.78 is 0. The molecule has 22 heavy (non-hydrogen) atoms. The largest absolute Gasteiger partial charge is 0.341 e. The van der Waals surface area contributed by atoms with Gasteiger partial charge in [-0.1, -0.05) is 23.8 Å². The van der Waals surface area contributed by atoms with Crippen LogP contribution < -0.4 is 4.90 Å². The number of aromatic nitrogens is 1. The van der Waals surface area contributed by atoms with E-state index in [2.05, 4.69) is 11.6 Å². The fourth-order valence-corrected chi connectivity index (χ4v) is 2.65. The maximum absolute atomic E-state index is 12.3. The molecule has 0 radical (unpaired) electrons. The summed E-state index contributed by atoms with van der Waals surface area (Å²) in [6.07, 6.45) is 0.728. The summed E-state index contributed by atoms with van der Waals surface area (Å²) in [5.41, 5.74) is 1.97. The first-order valence-corrected chi connectivity index (χ1v) is 7.39. The minimum atomic E-state index is -0.473. The molecule has 0 unspecified atom stereocenters. The Morgan fingerprint density at radius 2 is 2.00 bits per heavy atom. The van der Waals surface area contributed by atoms with Crippen LogP contribution in [0.15, 0.2) is 42.5 Å². The summed E-state index contributed by atoms with van der Waals surface area (Å²) in [5.74, 6) is -0.232. The first kappa shape index (κ1) is 14.4. The number of H-pyrrole nitrogens is 1. The van der Waals surface area contributed by atoms with E-state index in [-0.39, 0.29) is 0 Å². The van der Waals surface area contributed by atoms with E-state index >= 15 is 0 Å². The molecule has 1 aliphatic rings. The molecule has 0 aliphatic carbocycles. The highest BCUT2D eigenvalue weighted by atomic mass is 16.2. The first-order chi connectivity index (χ1) is 10.6. The molecule has 1 saturated heterocycles. The molecular weight excluding hydrogens is 278 g/mol. The number of anilines is 1. The van der Waals surface area contributed by atoms with E-state index in [1.165, 1.54) is 4.90 Å². The standard InChI is InChI=1S/C17H19N3O2/c1-12(2)7-8-19-9-10-20(17(22)16(19)21)15-11-13-5-3-4-6-14(13)18-15/h3-6,11,18H,1,7-10H2,2H3. The molecule has 1 fully saturated rings. The van der Waals surface area contributed by atoms with E-state index in [9.17, 15) is 9.59 Å². The maximum Gasteiger partial charge on any atom is 0.317 e. The maximum atomic E-state index is 12.3. The van der Waals surface area contributed by atoms with E-state index in [4.69, 9.17) is 0 Å². The zero-order valence-electron chi connectivity index (χ0n) is 12.6. The van der Waals surface area contributed by atoms with Crippen LogP contribution in [0.2, 0.25) is 0 Å². The SMILES string of the molecule is C=C(C)CCN1CCN(c2cc3ccccc3[nH]2)C(=O)C1=O. The highest BCUT2D eigenvalue weighted by molar-refractivity contribution is 6.41. The number of carbonyl (C=O) groups is 2. The van der Waals surface area contributed by atoms with Crippen LogP contribution in [0.25, 0.3) is 10.9 Å². The molecule has 1 N–H and O–H groups in total. The van der Waals surface area contributed by atoms with Crippen LogP contribution in [0.5, 0.6) is 0 Å². The molecule has 0 saturated carbocycles. The zero-order chi connectivity index (χ0) is 15.7. The third-order valence-corrected chi connectivity index (χ3v) is 3.92. The van der Waals surface area contributed by atoms with Gasteiger partial charge in [-0.15, -0.1) is 6.58 Å². The van der Waals surface area contributed by atoms with Crippen molar-refractivity contribution in [1.82, 2.24) is 9.88 Å². The fourth-order valence-electron chi connectivity index (χ4n) is 2.65. The molecule has 1 aromatic heterocycles. The zero-order valence-corrected chi connectivity index (χ0v) is 12.6. The van der Waals surface area contributed by atoms with Crippen LogP contribution in [0.3, 0.4) is 0 Å². The molecule has 0 spiro atoms. The summed E-state index contributed by atoms with van der Waals surface area (Å²) in [5, 5.41) is 1.03. The third kappa shape index (κ3) is 2.62. The molecule has 5 nitrogen and oxygen atoms in total. The Labute approximate surface area is 129 Å². The quantitative estimate of drug-likeness (QED) is 0.695. The van der Waals surface area contributed by atoms with E-state index in [0.29, 0.717) is 25.5 Å². The van der Waals surface area contributed by atoms with Gasteiger partial charge in [0.2, 0.25) is 0 Å². The van der Waals surface area contributed by atoms with Gasteiger partial charge in [-0.05, 0) is 25.5 Å². The molecule has 0 atom stereocenters. The molecule has 2 aromatic rings. The van der Waals surface area contributed by atoms with E-state index < -0.39 is 11.8 Å². The van der Waals surface area contributed by atoms with Crippen molar-refractivity contribution in [3.05, 3.63) is 42.5 Å². The lowest BCUT2D eigenvalue weighted by Crippen LogP contribution is -2.54. The predicted molar refractivity (Wildman–Crippen MR) is 86.7 cm³/mol. The van der Waals surface area contributed by atoms with Gasteiger partial charge in [-0.25, -0.2) is 0 Å². The second kappa shape index (κ2) is 5.67. The van der Waals surface area contributed by atoms with Crippen LogP contribution >= 0.6 is 0 Å². The number of benzene rings is 1. The average Bonchev–Trinajstić information content (AvgIpc) is 2.92. The van der Waals surface area contributed by atoms with Gasteiger partial charge in [0.1, 0.15) is 5.82 Å². The van der Waals surface area contributed by atoms with Crippen LogP contribution in [0, 0.1) is 0 Å². The van der Waals surface area contributed by atoms with E-state index in [1.807, 2.05) is 37.3 Å². The molecule has 0 bridgehead atoms. The number of nitrogens with one attached hydrogen (secondary N) is 1.